The third-order valence-electron chi connectivity index (χ3n) is 5.67. The lowest BCUT2D eigenvalue weighted by atomic mass is 9.96. The zero-order valence-electron chi connectivity index (χ0n) is 11.9. The van der Waals surface area contributed by atoms with E-state index < -0.39 is 5.97 Å². The molecule has 0 aromatic heterocycles. The lowest BCUT2D eigenvalue weighted by Gasteiger charge is -2.40. The third kappa shape index (κ3) is 2.79. The summed E-state index contributed by atoms with van der Waals surface area (Å²) >= 11 is 0. The first kappa shape index (κ1) is 13.4. The van der Waals surface area contributed by atoms with Crippen molar-refractivity contribution < 1.29 is 9.90 Å². The summed E-state index contributed by atoms with van der Waals surface area (Å²) in [6.45, 7) is 2.33. The predicted molar refractivity (Wildman–Crippen MR) is 74.1 cm³/mol. The highest BCUT2D eigenvalue weighted by Gasteiger charge is 2.41. The molecule has 0 spiro atoms. The molecule has 108 valence electrons. The van der Waals surface area contributed by atoms with Crippen molar-refractivity contribution in [3.05, 3.63) is 0 Å². The van der Waals surface area contributed by atoms with E-state index in [1.165, 1.54) is 38.6 Å². The fourth-order valence-corrected chi connectivity index (χ4v) is 4.44. The van der Waals surface area contributed by atoms with Crippen molar-refractivity contribution in [1.82, 2.24) is 9.80 Å². The van der Waals surface area contributed by atoms with Gasteiger partial charge in [-0.15, -0.1) is 0 Å². The molecule has 3 saturated heterocycles. The normalized spacial score (nSPS) is 39.8. The Balaban J connectivity index is 1.50. The van der Waals surface area contributed by atoms with Crippen LogP contribution in [0.3, 0.4) is 0 Å². The maximum atomic E-state index is 10.7. The number of hydrogen-bond acceptors (Lipinski definition) is 3. The van der Waals surface area contributed by atoms with Crippen molar-refractivity contribution >= 4 is 5.97 Å². The molecule has 0 aromatic rings. The van der Waals surface area contributed by atoms with Crippen molar-refractivity contribution in [2.24, 2.45) is 5.92 Å². The number of carboxylic acids is 1. The fraction of sp³-hybridized carbons (Fsp3) is 0.933. The van der Waals surface area contributed by atoms with Gasteiger partial charge >= 0.3 is 5.97 Å². The highest BCUT2D eigenvalue weighted by Crippen LogP contribution is 2.38. The van der Waals surface area contributed by atoms with Gasteiger partial charge in [-0.05, 0) is 58.0 Å². The molecule has 0 saturated carbocycles. The van der Waals surface area contributed by atoms with Gasteiger partial charge < -0.3 is 10.0 Å². The number of nitrogens with zero attached hydrogens (tertiary/aromatic N) is 2. The van der Waals surface area contributed by atoms with E-state index in [-0.39, 0.29) is 0 Å². The predicted octanol–water partition coefficient (Wildman–Crippen LogP) is 1.80. The highest BCUT2D eigenvalue weighted by atomic mass is 16.4. The van der Waals surface area contributed by atoms with E-state index in [9.17, 15) is 4.79 Å². The first-order chi connectivity index (χ1) is 9.13. The average Bonchev–Trinajstić information content (AvgIpc) is 2.90. The van der Waals surface area contributed by atoms with E-state index in [4.69, 9.17) is 5.11 Å². The van der Waals surface area contributed by atoms with E-state index >= 15 is 0 Å². The van der Waals surface area contributed by atoms with Gasteiger partial charge in [0, 0.05) is 31.1 Å². The number of rotatable bonds is 4. The molecule has 0 radical (unpaired) electrons. The number of hydrogen-bond donors (Lipinski definition) is 1. The van der Waals surface area contributed by atoms with Gasteiger partial charge in [0.1, 0.15) is 0 Å². The third-order valence-corrected chi connectivity index (χ3v) is 5.67. The van der Waals surface area contributed by atoms with E-state index in [0.29, 0.717) is 12.3 Å². The zero-order valence-corrected chi connectivity index (χ0v) is 11.9. The van der Waals surface area contributed by atoms with Crippen LogP contribution in [0.25, 0.3) is 0 Å². The molecule has 0 aromatic carbocycles. The van der Waals surface area contributed by atoms with Crippen molar-refractivity contribution in [2.45, 2.75) is 63.1 Å². The van der Waals surface area contributed by atoms with Crippen molar-refractivity contribution in [2.75, 3.05) is 20.1 Å². The SMILES string of the molecule is CN1C2CCC1CC(N1CCC(CCC(=O)O)C1)C2. The van der Waals surface area contributed by atoms with Crippen LogP contribution < -0.4 is 0 Å². The first-order valence-corrected chi connectivity index (χ1v) is 7.81. The molecule has 0 amide bonds. The molecule has 4 heteroatoms. The Morgan fingerprint density at radius 3 is 2.47 bits per heavy atom. The molecule has 3 aliphatic heterocycles. The molecule has 3 fully saturated rings. The summed E-state index contributed by atoms with van der Waals surface area (Å²) in [5.74, 6) is -0.0239. The van der Waals surface area contributed by atoms with Gasteiger partial charge in [-0.2, -0.15) is 0 Å². The van der Waals surface area contributed by atoms with Crippen LogP contribution in [0.1, 0.15) is 44.9 Å². The Morgan fingerprint density at radius 2 is 1.84 bits per heavy atom. The second-order valence-electron chi connectivity index (χ2n) is 6.76. The van der Waals surface area contributed by atoms with Gasteiger partial charge in [0.05, 0.1) is 0 Å². The topological polar surface area (TPSA) is 43.8 Å². The van der Waals surface area contributed by atoms with E-state index in [0.717, 1.165) is 31.1 Å². The largest absolute Gasteiger partial charge is 0.481 e. The first-order valence-electron chi connectivity index (χ1n) is 7.81. The Morgan fingerprint density at radius 1 is 1.16 bits per heavy atom. The van der Waals surface area contributed by atoms with Gasteiger partial charge in [-0.3, -0.25) is 9.69 Å². The summed E-state index contributed by atoms with van der Waals surface area (Å²) in [7, 11) is 2.29. The quantitative estimate of drug-likeness (QED) is 0.842. The molecule has 4 nitrogen and oxygen atoms in total. The number of likely N-dealkylation sites (tertiary alicyclic amines) is 1. The fourth-order valence-electron chi connectivity index (χ4n) is 4.44. The second kappa shape index (κ2) is 5.41. The Hall–Kier alpha value is -0.610. The van der Waals surface area contributed by atoms with Crippen LogP contribution in [0.15, 0.2) is 0 Å². The van der Waals surface area contributed by atoms with Gasteiger partial charge in [0.2, 0.25) is 0 Å². The van der Waals surface area contributed by atoms with E-state index in [1.54, 1.807) is 0 Å². The molecule has 3 aliphatic rings. The van der Waals surface area contributed by atoms with Gasteiger partial charge in [-0.1, -0.05) is 0 Å². The molecule has 19 heavy (non-hydrogen) atoms. The summed E-state index contributed by atoms with van der Waals surface area (Å²) in [6, 6.07) is 2.38. The van der Waals surface area contributed by atoms with Crippen LogP contribution in [0.5, 0.6) is 0 Å². The highest BCUT2D eigenvalue weighted by molar-refractivity contribution is 5.66. The molecular weight excluding hydrogens is 240 g/mol. The minimum Gasteiger partial charge on any atom is -0.481 e. The number of carbonyl (C=O) groups is 1. The molecule has 3 heterocycles. The van der Waals surface area contributed by atoms with E-state index in [2.05, 4.69) is 16.8 Å². The smallest absolute Gasteiger partial charge is 0.303 e. The van der Waals surface area contributed by atoms with Crippen LogP contribution in [-0.4, -0.2) is 59.1 Å². The Bertz CT molecular complexity index is 333. The van der Waals surface area contributed by atoms with Crippen molar-refractivity contribution in [3.8, 4) is 0 Å². The summed E-state index contributed by atoms with van der Waals surface area (Å²) < 4.78 is 0. The summed E-state index contributed by atoms with van der Waals surface area (Å²) in [6.07, 6.45) is 7.84. The lowest BCUT2D eigenvalue weighted by Crippen LogP contribution is -2.48. The number of fused-ring (bicyclic) bond motifs is 2. The van der Waals surface area contributed by atoms with Crippen molar-refractivity contribution in [1.29, 1.82) is 0 Å². The minimum atomic E-state index is -0.643. The van der Waals surface area contributed by atoms with Crippen LogP contribution in [-0.2, 0) is 4.79 Å². The van der Waals surface area contributed by atoms with Crippen LogP contribution >= 0.6 is 0 Å². The second-order valence-corrected chi connectivity index (χ2v) is 6.76. The Kier molecular flexibility index (Phi) is 3.81. The van der Waals surface area contributed by atoms with Crippen LogP contribution in [0.4, 0.5) is 0 Å². The lowest BCUT2D eigenvalue weighted by molar-refractivity contribution is -0.137. The van der Waals surface area contributed by atoms with Crippen LogP contribution in [0.2, 0.25) is 0 Å². The zero-order chi connectivity index (χ0) is 13.4. The average molecular weight is 266 g/mol. The molecule has 3 rings (SSSR count). The van der Waals surface area contributed by atoms with Gasteiger partial charge in [-0.25, -0.2) is 0 Å². The molecule has 1 N–H and O–H groups in total. The number of carboxylic acid groups (broad SMARTS) is 1. The standard InChI is InChI=1S/C15H26N2O2/c1-16-12-3-4-13(16)9-14(8-12)17-7-6-11(10-17)2-5-15(18)19/h11-14H,2-10H2,1H3,(H,18,19). The van der Waals surface area contributed by atoms with Gasteiger partial charge in [0.25, 0.3) is 0 Å². The summed E-state index contributed by atoms with van der Waals surface area (Å²) in [5, 5.41) is 8.78. The summed E-state index contributed by atoms with van der Waals surface area (Å²) in [4.78, 5) is 15.9. The number of aliphatic carboxylic acids is 1. The Labute approximate surface area is 115 Å². The minimum absolute atomic E-state index is 0.344. The molecule has 3 unspecified atom stereocenters. The van der Waals surface area contributed by atoms with Gasteiger partial charge in [0.15, 0.2) is 0 Å². The molecule has 0 aliphatic carbocycles. The van der Waals surface area contributed by atoms with Crippen molar-refractivity contribution in [3.63, 3.8) is 0 Å². The number of piperidine rings is 1. The molecule has 2 bridgehead atoms. The molecular formula is C15H26N2O2. The maximum absolute atomic E-state index is 10.7. The van der Waals surface area contributed by atoms with E-state index in [1.807, 2.05) is 0 Å². The maximum Gasteiger partial charge on any atom is 0.303 e. The summed E-state index contributed by atoms with van der Waals surface area (Å²) in [5.41, 5.74) is 0. The molecule has 3 atom stereocenters. The van der Waals surface area contributed by atoms with Crippen LogP contribution in [0, 0.1) is 5.92 Å². The monoisotopic (exact) mass is 266 g/mol.